The Balaban J connectivity index is 1.87. The monoisotopic (exact) mass is 424 g/mol. The van der Waals surface area contributed by atoms with Gasteiger partial charge < -0.3 is 10.1 Å². The molecule has 7 nitrogen and oxygen atoms in total. The second-order valence-electron chi connectivity index (χ2n) is 7.39. The minimum Gasteiger partial charge on any atom is -0.453 e. The van der Waals surface area contributed by atoms with Crippen LogP contribution in [0.1, 0.15) is 57.9 Å². The minimum absolute atomic E-state index is 0.129. The van der Waals surface area contributed by atoms with E-state index in [9.17, 15) is 18.0 Å². The topological polar surface area (TPSA) is 92.8 Å². The summed E-state index contributed by atoms with van der Waals surface area (Å²) in [5.74, 6) is -0.756. The van der Waals surface area contributed by atoms with Gasteiger partial charge >= 0.3 is 5.97 Å². The van der Waals surface area contributed by atoms with Crippen LogP contribution >= 0.6 is 0 Å². The van der Waals surface area contributed by atoms with Gasteiger partial charge in [0.15, 0.2) is 6.10 Å². The van der Waals surface area contributed by atoms with E-state index in [1.165, 1.54) is 0 Å². The molecule has 8 heteroatoms. The highest BCUT2D eigenvalue weighted by atomic mass is 32.2. The van der Waals surface area contributed by atoms with Crippen molar-refractivity contribution in [1.82, 2.24) is 9.62 Å². The molecular formula is C21H32N2O5S. The van der Waals surface area contributed by atoms with E-state index in [2.05, 4.69) is 5.32 Å². The Morgan fingerprint density at radius 2 is 1.72 bits per heavy atom. The largest absolute Gasteiger partial charge is 0.453 e. The van der Waals surface area contributed by atoms with E-state index in [1.807, 2.05) is 6.92 Å². The van der Waals surface area contributed by atoms with Crippen molar-refractivity contribution in [2.24, 2.45) is 0 Å². The zero-order chi connectivity index (χ0) is 21.3. The van der Waals surface area contributed by atoms with Gasteiger partial charge in [-0.25, -0.2) is 8.42 Å². The van der Waals surface area contributed by atoms with Crippen molar-refractivity contribution < 1.29 is 22.7 Å². The molecule has 1 aliphatic rings. The first-order valence-electron chi connectivity index (χ1n) is 10.4. The average Bonchev–Trinajstić information content (AvgIpc) is 3.01. The third-order valence-electron chi connectivity index (χ3n) is 4.97. The molecule has 1 saturated heterocycles. The Morgan fingerprint density at radius 1 is 1.10 bits per heavy atom. The van der Waals surface area contributed by atoms with Gasteiger partial charge in [0, 0.05) is 26.1 Å². The molecule has 1 unspecified atom stereocenters. The lowest BCUT2D eigenvalue weighted by molar-refractivity contribution is -0.154. The summed E-state index contributed by atoms with van der Waals surface area (Å²) in [7, 11) is -3.47. The molecule has 1 aromatic rings. The van der Waals surface area contributed by atoms with Crippen LogP contribution in [0.2, 0.25) is 0 Å². The maximum absolute atomic E-state index is 12.8. The van der Waals surface area contributed by atoms with Crippen molar-refractivity contribution in [2.45, 2.75) is 69.8 Å². The molecule has 1 aliphatic heterocycles. The number of carbonyl (C=O) groups excluding carboxylic acids is 2. The van der Waals surface area contributed by atoms with Gasteiger partial charge in [-0.05, 0) is 50.3 Å². The number of hydrogen-bond donors (Lipinski definition) is 1. The quantitative estimate of drug-likeness (QED) is 0.615. The summed E-state index contributed by atoms with van der Waals surface area (Å²) >= 11 is 0. The van der Waals surface area contributed by atoms with Crippen LogP contribution < -0.4 is 5.32 Å². The van der Waals surface area contributed by atoms with E-state index in [-0.39, 0.29) is 17.2 Å². The third-order valence-corrected chi connectivity index (χ3v) is 6.88. The van der Waals surface area contributed by atoms with Crippen molar-refractivity contribution in [3.8, 4) is 0 Å². The Kier molecular flexibility index (Phi) is 9.10. The fraction of sp³-hybridized carbons (Fsp3) is 0.619. The molecule has 1 atom stereocenters. The number of rotatable bonds is 9. The maximum Gasteiger partial charge on any atom is 0.306 e. The highest BCUT2D eigenvalue weighted by Crippen LogP contribution is 2.21. The Morgan fingerprint density at radius 3 is 2.31 bits per heavy atom. The molecular weight excluding hydrogens is 392 g/mol. The Labute approximate surface area is 173 Å². The number of hydrogen-bond acceptors (Lipinski definition) is 5. The van der Waals surface area contributed by atoms with E-state index < -0.39 is 22.1 Å². The lowest BCUT2D eigenvalue weighted by Gasteiger charge is -2.20. The minimum atomic E-state index is -3.47. The van der Waals surface area contributed by atoms with E-state index in [0.717, 1.165) is 37.7 Å². The van der Waals surface area contributed by atoms with Crippen molar-refractivity contribution in [3.05, 3.63) is 29.8 Å². The lowest BCUT2D eigenvalue weighted by atomic mass is 10.1. The number of benzene rings is 1. The molecule has 0 aliphatic carbocycles. The van der Waals surface area contributed by atoms with Gasteiger partial charge in [0.2, 0.25) is 10.0 Å². The van der Waals surface area contributed by atoms with Crippen molar-refractivity contribution in [3.63, 3.8) is 0 Å². The van der Waals surface area contributed by atoms with E-state index in [4.69, 9.17) is 4.74 Å². The molecule has 1 amide bonds. The van der Waals surface area contributed by atoms with Gasteiger partial charge in [-0.3, -0.25) is 9.59 Å². The molecule has 0 bridgehead atoms. The molecule has 0 spiro atoms. The van der Waals surface area contributed by atoms with E-state index in [0.29, 0.717) is 26.1 Å². The standard InChI is InChI=1S/C21H32N2O5S/c1-3-14-22-21(25)17(2)28-20(24)13-10-18-8-11-19(12-9-18)29(26,27)23-15-6-4-5-7-16-23/h8-9,11-12,17H,3-7,10,13-16H2,1-2H3,(H,22,25). The smallest absolute Gasteiger partial charge is 0.306 e. The van der Waals surface area contributed by atoms with Crippen LogP contribution in [0.25, 0.3) is 0 Å². The van der Waals surface area contributed by atoms with Crippen LogP contribution in [-0.4, -0.2) is 50.3 Å². The summed E-state index contributed by atoms with van der Waals surface area (Å²) in [6.07, 6.45) is 4.48. The van der Waals surface area contributed by atoms with E-state index >= 15 is 0 Å². The van der Waals surface area contributed by atoms with Crippen LogP contribution in [-0.2, 0) is 30.8 Å². The van der Waals surface area contributed by atoms with E-state index in [1.54, 1.807) is 35.5 Å². The normalized spacial score (nSPS) is 16.6. The third kappa shape index (κ3) is 7.12. The van der Waals surface area contributed by atoms with Crippen molar-refractivity contribution in [2.75, 3.05) is 19.6 Å². The van der Waals surface area contributed by atoms with Crippen LogP contribution in [0, 0.1) is 0 Å². The van der Waals surface area contributed by atoms with Gasteiger partial charge in [-0.2, -0.15) is 4.31 Å². The zero-order valence-electron chi connectivity index (χ0n) is 17.4. The molecule has 162 valence electrons. The summed E-state index contributed by atoms with van der Waals surface area (Å²) in [5.41, 5.74) is 0.847. The number of nitrogens with zero attached hydrogens (tertiary/aromatic N) is 1. The average molecular weight is 425 g/mol. The number of sulfonamides is 1. The summed E-state index contributed by atoms with van der Waals surface area (Å²) in [5, 5.41) is 2.69. The first-order valence-corrected chi connectivity index (χ1v) is 11.8. The van der Waals surface area contributed by atoms with Crippen molar-refractivity contribution >= 4 is 21.9 Å². The summed E-state index contributed by atoms with van der Waals surface area (Å²) in [4.78, 5) is 24.0. The predicted octanol–water partition coefficient (Wildman–Crippen LogP) is 2.64. The molecule has 2 rings (SSSR count). The van der Waals surface area contributed by atoms with Gasteiger partial charge in [0.05, 0.1) is 4.90 Å². The first kappa shape index (κ1) is 23.3. The van der Waals surface area contributed by atoms with Gasteiger partial charge in [-0.1, -0.05) is 31.9 Å². The molecule has 1 N–H and O–H groups in total. The number of nitrogens with one attached hydrogen (secondary N) is 1. The number of carbonyl (C=O) groups is 2. The molecule has 1 heterocycles. The summed E-state index contributed by atoms with van der Waals surface area (Å²) < 4.78 is 32.3. The predicted molar refractivity (Wildman–Crippen MR) is 111 cm³/mol. The molecule has 0 aromatic heterocycles. The molecule has 1 fully saturated rings. The van der Waals surface area contributed by atoms with Crippen LogP contribution in [0.15, 0.2) is 29.2 Å². The molecule has 1 aromatic carbocycles. The SMILES string of the molecule is CCCNC(=O)C(C)OC(=O)CCc1ccc(S(=O)(=O)N2CCCCCC2)cc1. The maximum atomic E-state index is 12.8. The number of amides is 1. The second kappa shape index (κ2) is 11.3. The lowest BCUT2D eigenvalue weighted by Crippen LogP contribution is -2.36. The fourth-order valence-electron chi connectivity index (χ4n) is 3.21. The number of esters is 1. The molecule has 29 heavy (non-hydrogen) atoms. The fourth-order valence-corrected chi connectivity index (χ4v) is 4.72. The van der Waals surface area contributed by atoms with Gasteiger partial charge in [0.25, 0.3) is 5.91 Å². The highest BCUT2D eigenvalue weighted by molar-refractivity contribution is 7.89. The molecule has 0 saturated carbocycles. The Hall–Kier alpha value is -1.93. The van der Waals surface area contributed by atoms with Crippen LogP contribution in [0.3, 0.4) is 0 Å². The summed E-state index contributed by atoms with van der Waals surface area (Å²) in [6.45, 7) is 5.18. The highest BCUT2D eigenvalue weighted by Gasteiger charge is 2.25. The zero-order valence-corrected chi connectivity index (χ0v) is 18.2. The Bertz CT molecular complexity index is 769. The van der Waals surface area contributed by atoms with Crippen LogP contribution in [0.5, 0.6) is 0 Å². The number of aryl methyl sites for hydroxylation is 1. The van der Waals surface area contributed by atoms with Crippen molar-refractivity contribution in [1.29, 1.82) is 0 Å². The first-order chi connectivity index (χ1) is 13.8. The second-order valence-corrected chi connectivity index (χ2v) is 9.32. The van der Waals surface area contributed by atoms with Gasteiger partial charge in [0.1, 0.15) is 0 Å². The number of ether oxygens (including phenoxy) is 1. The van der Waals surface area contributed by atoms with Gasteiger partial charge in [-0.15, -0.1) is 0 Å². The summed E-state index contributed by atoms with van der Waals surface area (Å²) in [6, 6.07) is 6.66. The van der Waals surface area contributed by atoms with Crippen LogP contribution in [0.4, 0.5) is 0 Å². The molecule has 0 radical (unpaired) electrons.